The smallest absolute Gasteiger partial charge is 0.387 e. The molecule has 0 aliphatic rings. The number of benzene rings is 2. The van der Waals surface area contributed by atoms with Gasteiger partial charge in [-0.1, -0.05) is 11.6 Å². The standard InChI is InChI=1S/C15H11ClF2N2O3/c16-12-6-3-10(14(21)22)7-13(12)20-19-8-9-1-4-11(5-2-9)23-15(17)18/h1-8,15,20H,(H,21,22)/b19-8-. The molecule has 0 saturated heterocycles. The van der Waals surface area contributed by atoms with Gasteiger partial charge in [-0.3, -0.25) is 5.43 Å². The molecule has 0 heterocycles. The molecule has 0 spiro atoms. The molecule has 2 aromatic carbocycles. The Hall–Kier alpha value is -2.67. The molecule has 0 aliphatic heterocycles. The molecule has 0 atom stereocenters. The number of hydrogen-bond donors (Lipinski definition) is 2. The molecule has 2 rings (SSSR count). The summed E-state index contributed by atoms with van der Waals surface area (Å²) in [6, 6.07) is 10.0. The first kappa shape index (κ1) is 16.7. The average molecular weight is 341 g/mol. The Morgan fingerprint density at radius 1 is 1.26 bits per heavy atom. The van der Waals surface area contributed by atoms with Crippen molar-refractivity contribution < 1.29 is 23.4 Å². The maximum absolute atomic E-state index is 12.0. The minimum atomic E-state index is -2.88. The van der Waals surface area contributed by atoms with Crippen molar-refractivity contribution in [2.75, 3.05) is 5.43 Å². The van der Waals surface area contributed by atoms with E-state index in [-0.39, 0.29) is 11.3 Å². The van der Waals surface area contributed by atoms with Crippen molar-refractivity contribution in [3.63, 3.8) is 0 Å². The molecular formula is C15H11ClF2N2O3. The number of nitrogens with zero attached hydrogens (tertiary/aromatic N) is 1. The molecule has 0 fully saturated rings. The van der Waals surface area contributed by atoms with Crippen molar-refractivity contribution in [2.45, 2.75) is 6.61 Å². The lowest BCUT2D eigenvalue weighted by molar-refractivity contribution is -0.0498. The highest BCUT2D eigenvalue weighted by Crippen LogP contribution is 2.23. The number of nitrogens with one attached hydrogen (secondary N) is 1. The molecule has 0 bridgehead atoms. The first-order chi connectivity index (χ1) is 11.0. The molecule has 120 valence electrons. The second-order valence-electron chi connectivity index (χ2n) is 4.32. The van der Waals surface area contributed by atoms with E-state index in [1.54, 1.807) is 0 Å². The van der Waals surface area contributed by atoms with Gasteiger partial charge in [0, 0.05) is 0 Å². The van der Waals surface area contributed by atoms with Crippen LogP contribution >= 0.6 is 11.6 Å². The quantitative estimate of drug-likeness (QED) is 0.614. The first-order valence-electron chi connectivity index (χ1n) is 6.32. The number of halogens is 3. The van der Waals surface area contributed by atoms with Crippen molar-refractivity contribution in [2.24, 2.45) is 5.10 Å². The molecule has 0 radical (unpaired) electrons. The van der Waals surface area contributed by atoms with E-state index in [2.05, 4.69) is 15.3 Å². The lowest BCUT2D eigenvalue weighted by Crippen LogP contribution is -2.01. The number of rotatable bonds is 6. The fourth-order valence-electron chi connectivity index (χ4n) is 1.66. The third kappa shape index (κ3) is 4.93. The number of carboxylic acids is 1. The average Bonchev–Trinajstić information content (AvgIpc) is 2.50. The third-order valence-electron chi connectivity index (χ3n) is 2.72. The van der Waals surface area contributed by atoms with E-state index < -0.39 is 12.6 Å². The van der Waals surface area contributed by atoms with Gasteiger partial charge < -0.3 is 9.84 Å². The van der Waals surface area contributed by atoms with Crippen LogP contribution in [-0.4, -0.2) is 23.9 Å². The SMILES string of the molecule is O=C(O)c1ccc(Cl)c(N/N=C\c2ccc(OC(F)F)cc2)c1. The van der Waals surface area contributed by atoms with Gasteiger partial charge in [-0.25, -0.2) is 4.79 Å². The molecule has 5 nitrogen and oxygen atoms in total. The van der Waals surface area contributed by atoms with Crippen LogP contribution < -0.4 is 10.2 Å². The summed E-state index contributed by atoms with van der Waals surface area (Å²) in [4.78, 5) is 10.9. The number of aromatic carboxylic acids is 1. The van der Waals surface area contributed by atoms with Crippen LogP contribution in [0.1, 0.15) is 15.9 Å². The number of ether oxygens (including phenoxy) is 1. The summed E-state index contributed by atoms with van der Waals surface area (Å²) >= 11 is 5.93. The van der Waals surface area contributed by atoms with Crippen LogP contribution in [0.4, 0.5) is 14.5 Å². The van der Waals surface area contributed by atoms with Crippen LogP contribution in [0, 0.1) is 0 Å². The zero-order valence-corrected chi connectivity index (χ0v) is 12.3. The largest absolute Gasteiger partial charge is 0.478 e. The van der Waals surface area contributed by atoms with E-state index in [1.807, 2.05) is 0 Å². The number of hydrazone groups is 1. The van der Waals surface area contributed by atoms with Crippen LogP contribution in [0.3, 0.4) is 0 Å². The Balaban J connectivity index is 2.04. The van der Waals surface area contributed by atoms with E-state index in [9.17, 15) is 13.6 Å². The lowest BCUT2D eigenvalue weighted by atomic mass is 10.2. The topological polar surface area (TPSA) is 70.9 Å². The number of hydrogen-bond acceptors (Lipinski definition) is 4. The predicted octanol–water partition coefficient (Wildman–Crippen LogP) is 4.09. The minimum absolute atomic E-state index is 0.0438. The molecule has 0 aliphatic carbocycles. The second kappa shape index (κ2) is 7.55. The zero-order valence-electron chi connectivity index (χ0n) is 11.5. The second-order valence-corrected chi connectivity index (χ2v) is 4.72. The lowest BCUT2D eigenvalue weighted by Gasteiger charge is -2.05. The van der Waals surface area contributed by atoms with Crippen LogP contribution in [0.15, 0.2) is 47.6 Å². The maximum Gasteiger partial charge on any atom is 0.387 e. The third-order valence-corrected chi connectivity index (χ3v) is 3.05. The highest BCUT2D eigenvalue weighted by atomic mass is 35.5. The van der Waals surface area contributed by atoms with Crippen LogP contribution in [0.25, 0.3) is 0 Å². The van der Waals surface area contributed by atoms with E-state index in [4.69, 9.17) is 16.7 Å². The Labute approximate surface area is 135 Å². The van der Waals surface area contributed by atoms with Crippen LogP contribution in [-0.2, 0) is 0 Å². The van der Waals surface area contributed by atoms with Gasteiger partial charge in [-0.05, 0) is 48.0 Å². The monoisotopic (exact) mass is 340 g/mol. The van der Waals surface area contributed by atoms with Gasteiger partial charge in [-0.2, -0.15) is 13.9 Å². The fraction of sp³-hybridized carbons (Fsp3) is 0.0667. The van der Waals surface area contributed by atoms with Gasteiger partial charge >= 0.3 is 12.6 Å². The summed E-state index contributed by atoms with van der Waals surface area (Å²) in [5.74, 6) is -1.04. The number of anilines is 1. The molecule has 0 aromatic heterocycles. The van der Waals surface area contributed by atoms with E-state index >= 15 is 0 Å². The van der Waals surface area contributed by atoms with Crippen molar-refractivity contribution in [3.05, 3.63) is 58.6 Å². The summed E-state index contributed by atoms with van der Waals surface area (Å²) in [6.45, 7) is -2.88. The first-order valence-corrected chi connectivity index (χ1v) is 6.70. The maximum atomic E-state index is 12.0. The Morgan fingerprint density at radius 3 is 2.57 bits per heavy atom. The van der Waals surface area contributed by atoms with Gasteiger partial charge in [0.05, 0.1) is 22.5 Å². The van der Waals surface area contributed by atoms with Gasteiger partial charge in [0.2, 0.25) is 0 Å². The number of carboxylic acid groups (broad SMARTS) is 1. The van der Waals surface area contributed by atoms with Crippen molar-refractivity contribution >= 4 is 29.5 Å². The Morgan fingerprint density at radius 2 is 1.96 bits per heavy atom. The summed E-state index contributed by atoms with van der Waals surface area (Å²) in [5, 5.41) is 13.2. The molecule has 0 saturated carbocycles. The van der Waals surface area contributed by atoms with Crippen LogP contribution in [0.2, 0.25) is 5.02 Å². The Kier molecular flexibility index (Phi) is 5.48. The molecule has 2 N–H and O–H groups in total. The highest BCUT2D eigenvalue weighted by molar-refractivity contribution is 6.33. The van der Waals surface area contributed by atoms with Gasteiger partial charge in [0.25, 0.3) is 0 Å². The number of alkyl halides is 2. The summed E-state index contributed by atoms with van der Waals surface area (Å²) in [5.41, 5.74) is 3.66. The summed E-state index contributed by atoms with van der Waals surface area (Å²) in [7, 11) is 0. The van der Waals surface area contributed by atoms with Crippen molar-refractivity contribution in [3.8, 4) is 5.75 Å². The molecule has 0 amide bonds. The Bertz CT molecular complexity index is 721. The fourth-order valence-corrected chi connectivity index (χ4v) is 1.82. The summed E-state index contributed by atoms with van der Waals surface area (Å²) < 4.78 is 28.3. The van der Waals surface area contributed by atoms with E-state index in [0.29, 0.717) is 16.3 Å². The van der Waals surface area contributed by atoms with Gasteiger partial charge in [0.1, 0.15) is 5.75 Å². The molecule has 2 aromatic rings. The molecule has 23 heavy (non-hydrogen) atoms. The van der Waals surface area contributed by atoms with Crippen LogP contribution in [0.5, 0.6) is 5.75 Å². The predicted molar refractivity (Wildman–Crippen MR) is 82.7 cm³/mol. The van der Waals surface area contributed by atoms with Crippen molar-refractivity contribution in [1.82, 2.24) is 0 Å². The number of carbonyl (C=O) groups is 1. The molecule has 0 unspecified atom stereocenters. The van der Waals surface area contributed by atoms with E-state index in [1.165, 1.54) is 48.7 Å². The van der Waals surface area contributed by atoms with Crippen molar-refractivity contribution in [1.29, 1.82) is 0 Å². The van der Waals surface area contributed by atoms with Gasteiger partial charge in [-0.15, -0.1) is 0 Å². The highest BCUT2D eigenvalue weighted by Gasteiger charge is 2.06. The summed E-state index contributed by atoms with van der Waals surface area (Å²) in [6.07, 6.45) is 1.43. The normalized spacial score (nSPS) is 11.0. The molecular weight excluding hydrogens is 330 g/mol. The van der Waals surface area contributed by atoms with Gasteiger partial charge in [0.15, 0.2) is 0 Å². The molecule has 8 heteroatoms. The minimum Gasteiger partial charge on any atom is -0.478 e. The zero-order chi connectivity index (χ0) is 16.8. The van der Waals surface area contributed by atoms with E-state index in [0.717, 1.165) is 0 Å².